The molecule has 0 spiro atoms. The lowest BCUT2D eigenvalue weighted by atomic mass is 9.95. The van der Waals surface area contributed by atoms with Crippen molar-refractivity contribution in [3.05, 3.63) is 24.4 Å². The highest BCUT2D eigenvalue weighted by Crippen LogP contribution is 2.32. The molecule has 3 rings (SSSR count). The van der Waals surface area contributed by atoms with Crippen molar-refractivity contribution >= 4 is 21.2 Å². The summed E-state index contributed by atoms with van der Waals surface area (Å²) in [6, 6.07) is 4.65. The predicted molar refractivity (Wildman–Crippen MR) is 77.5 cm³/mol. The zero-order valence-corrected chi connectivity index (χ0v) is 12.9. The molecule has 126 valence electrons. The van der Waals surface area contributed by atoms with E-state index in [4.69, 9.17) is 0 Å². The van der Waals surface area contributed by atoms with E-state index in [2.05, 4.69) is 9.17 Å². The molecule has 1 saturated carbocycles. The van der Waals surface area contributed by atoms with Gasteiger partial charge in [0.2, 0.25) is 5.88 Å². The third-order valence-corrected chi connectivity index (χ3v) is 4.94. The number of nitrogens with zero attached hydrogens (tertiary/aromatic N) is 2. The van der Waals surface area contributed by atoms with Crippen LogP contribution in [-0.4, -0.2) is 23.5 Å². The number of pyridine rings is 1. The maximum absolute atomic E-state index is 12.4. The van der Waals surface area contributed by atoms with Gasteiger partial charge >= 0.3 is 15.6 Å². The van der Waals surface area contributed by atoms with Gasteiger partial charge in [-0.3, -0.25) is 0 Å². The van der Waals surface area contributed by atoms with Gasteiger partial charge in [-0.1, -0.05) is 19.3 Å². The van der Waals surface area contributed by atoms with Gasteiger partial charge in [0.1, 0.15) is 5.65 Å². The predicted octanol–water partition coefficient (Wildman–Crippen LogP) is 3.77. The normalized spacial score (nSPS) is 17.5. The largest absolute Gasteiger partial charge is 0.534 e. The SMILES string of the molecule is O=S(=O)(Oc1ccc2ccn(C3CCCCC3)c2n1)C(F)(F)F. The molecule has 9 heteroatoms. The summed E-state index contributed by atoms with van der Waals surface area (Å²) in [6.45, 7) is 0. The van der Waals surface area contributed by atoms with Crippen molar-refractivity contribution in [2.75, 3.05) is 0 Å². The zero-order valence-electron chi connectivity index (χ0n) is 12.1. The quantitative estimate of drug-likeness (QED) is 0.626. The molecule has 0 atom stereocenters. The molecule has 5 nitrogen and oxygen atoms in total. The van der Waals surface area contributed by atoms with Crippen LogP contribution < -0.4 is 4.18 Å². The van der Waals surface area contributed by atoms with Crippen LogP contribution in [0.15, 0.2) is 24.4 Å². The second-order valence-corrected chi connectivity index (χ2v) is 7.10. The van der Waals surface area contributed by atoms with Crippen LogP contribution in [0.2, 0.25) is 0 Å². The van der Waals surface area contributed by atoms with Crippen molar-refractivity contribution in [3.8, 4) is 5.88 Å². The summed E-state index contributed by atoms with van der Waals surface area (Å²) in [4.78, 5) is 3.97. The lowest BCUT2D eigenvalue weighted by Crippen LogP contribution is -2.28. The molecular weight excluding hydrogens is 333 g/mol. The Kier molecular flexibility index (Phi) is 3.99. The van der Waals surface area contributed by atoms with E-state index >= 15 is 0 Å². The first kappa shape index (κ1) is 16.1. The summed E-state index contributed by atoms with van der Waals surface area (Å²) in [5.41, 5.74) is -5.04. The minimum absolute atomic E-state index is 0.225. The first-order valence-corrected chi connectivity index (χ1v) is 8.67. The summed E-state index contributed by atoms with van der Waals surface area (Å²) in [7, 11) is -5.71. The molecule has 2 aromatic rings. The summed E-state index contributed by atoms with van der Waals surface area (Å²) in [5.74, 6) is -0.578. The standard InChI is InChI=1S/C14H15F3N2O3S/c15-14(16,17)23(20,21)22-12-7-6-10-8-9-19(13(10)18-12)11-4-2-1-3-5-11/h6-9,11H,1-5H2. The van der Waals surface area contributed by atoms with E-state index in [1.54, 1.807) is 6.07 Å². The van der Waals surface area contributed by atoms with E-state index in [1.807, 2.05) is 10.8 Å². The van der Waals surface area contributed by atoms with Crippen LogP contribution in [0.25, 0.3) is 11.0 Å². The van der Waals surface area contributed by atoms with Crippen LogP contribution in [-0.2, 0) is 10.1 Å². The number of halogens is 3. The fourth-order valence-electron chi connectivity index (χ4n) is 2.87. The Morgan fingerprint density at radius 2 is 1.83 bits per heavy atom. The summed E-state index contributed by atoms with van der Waals surface area (Å²) >= 11 is 0. The topological polar surface area (TPSA) is 61.2 Å². The Labute approximate surface area is 131 Å². The number of alkyl halides is 3. The third kappa shape index (κ3) is 3.15. The molecule has 23 heavy (non-hydrogen) atoms. The Balaban J connectivity index is 1.95. The third-order valence-electron chi connectivity index (χ3n) is 3.99. The number of hydrogen-bond acceptors (Lipinski definition) is 4. The first-order chi connectivity index (χ1) is 10.8. The molecule has 0 N–H and O–H groups in total. The first-order valence-electron chi connectivity index (χ1n) is 7.26. The minimum Gasteiger partial charge on any atom is -0.355 e. The van der Waals surface area contributed by atoms with Crippen LogP contribution in [0.5, 0.6) is 5.88 Å². The Bertz CT molecular complexity index is 808. The number of aromatic nitrogens is 2. The number of hydrogen-bond donors (Lipinski definition) is 0. The molecule has 0 unspecified atom stereocenters. The van der Waals surface area contributed by atoms with Crippen LogP contribution >= 0.6 is 0 Å². The molecule has 0 aliphatic heterocycles. The fourth-order valence-corrected chi connectivity index (χ4v) is 3.28. The Morgan fingerprint density at radius 1 is 1.13 bits per heavy atom. The van der Waals surface area contributed by atoms with Crippen molar-refractivity contribution in [2.45, 2.75) is 43.7 Å². The molecular formula is C14H15F3N2O3S. The lowest BCUT2D eigenvalue weighted by molar-refractivity contribution is -0.0501. The molecule has 1 fully saturated rings. The summed E-state index contributed by atoms with van der Waals surface area (Å²) in [5, 5.41) is 0.729. The van der Waals surface area contributed by atoms with Crippen molar-refractivity contribution < 1.29 is 25.8 Å². The molecule has 2 aromatic heterocycles. The van der Waals surface area contributed by atoms with E-state index in [1.165, 1.54) is 12.5 Å². The molecule has 0 radical (unpaired) electrons. The summed E-state index contributed by atoms with van der Waals surface area (Å²) < 4.78 is 65.4. The van der Waals surface area contributed by atoms with Gasteiger partial charge in [0.25, 0.3) is 0 Å². The molecule has 1 aliphatic carbocycles. The highest BCUT2D eigenvalue weighted by molar-refractivity contribution is 7.87. The molecule has 0 saturated heterocycles. The number of rotatable bonds is 3. The monoisotopic (exact) mass is 348 g/mol. The van der Waals surface area contributed by atoms with Crippen molar-refractivity contribution in [3.63, 3.8) is 0 Å². The highest BCUT2D eigenvalue weighted by atomic mass is 32.2. The Morgan fingerprint density at radius 3 is 2.48 bits per heavy atom. The summed E-state index contributed by atoms with van der Waals surface area (Å²) in [6.07, 6.45) is 7.11. The smallest absolute Gasteiger partial charge is 0.355 e. The minimum atomic E-state index is -5.71. The van der Waals surface area contributed by atoms with Crippen molar-refractivity contribution in [1.82, 2.24) is 9.55 Å². The second-order valence-electron chi connectivity index (χ2n) is 5.56. The van der Waals surface area contributed by atoms with E-state index < -0.39 is 21.5 Å². The lowest BCUT2D eigenvalue weighted by Gasteiger charge is -2.23. The molecule has 0 bridgehead atoms. The number of fused-ring (bicyclic) bond motifs is 1. The van der Waals surface area contributed by atoms with Crippen LogP contribution in [0, 0.1) is 0 Å². The van der Waals surface area contributed by atoms with Gasteiger partial charge in [-0.05, 0) is 25.0 Å². The second kappa shape index (κ2) is 5.70. The van der Waals surface area contributed by atoms with Gasteiger partial charge < -0.3 is 8.75 Å². The van der Waals surface area contributed by atoms with Gasteiger partial charge in [0.05, 0.1) is 0 Å². The maximum atomic E-state index is 12.4. The van der Waals surface area contributed by atoms with E-state index in [0.29, 0.717) is 5.65 Å². The van der Waals surface area contributed by atoms with Crippen LogP contribution in [0.3, 0.4) is 0 Å². The van der Waals surface area contributed by atoms with Gasteiger partial charge in [-0.15, -0.1) is 0 Å². The Hall–Kier alpha value is -1.77. The van der Waals surface area contributed by atoms with Gasteiger partial charge in [0, 0.05) is 23.7 Å². The van der Waals surface area contributed by atoms with Gasteiger partial charge in [-0.2, -0.15) is 26.6 Å². The van der Waals surface area contributed by atoms with Crippen molar-refractivity contribution in [2.24, 2.45) is 0 Å². The maximum Gasteiger partial charge on any atom is 0.534 e. The average molecular weight is 348 g/mol. The van der Waals surface area contributed by atoms with Crippen LogP contribution in [0.4, 0.5) is 13.2 Å². The van der Waals surface area contributed by atoms with Gasteiger partial charge in [-0.25, -0.2) is 0 Å². The van der Waals surface area contributed by atoms with E-state index in [0.717, 1.165) is 37.1 Å². The molecule has 0 aromatic carbocycles. The highest BCUT2D eigenvalue weighted by Gasteiger charge is 2.48. The average Bonchev–Trinajstić information content (AvgIpc) is 2.89. The fraction of sp³-hybridized carbons (Fsp3) is 0.500. The molecule has 2 heterocycles. The van der Waals surface area contributed by atoms with Crippen molar-refractivity contribution in [1.29, 1.82) is 0 Å². The zero-order chi connectivity index (χ0) is 16.7. The van der Waals surface area contributed by atoms with Crippen LogP contribution in [0.1, 0.15) is 38.1 Å². The molecule has 1 aliphatic rings. The van der Waals surface area contributed by atoms with E-state index in [-0.39, 0.29) is 6.04 Å². The molecule has 0 amide bonds. The van der Waals surface area contributed by atoms with E-state index in [9.17, 15) is 21.6 Å². The van der Waals surface area contributed by atoms with Gasteiger partial charge in [0.15, 0.2) is 0 Å².